The van der Waals surface area contributed by atoms with Crippen molar-refractivity contribution in [2.45, 2.75) is 7.43 Å². The molecule has 0 radical (unpaired) electrons. The van der Waals surface area contributed by atoms with Gasteiger partial charge in [-0.25, -0.2) is 18.3 Å². The van der Waals surface area contributed by atoms with E-state index in [4.69, 9.17) is 0 Å². The molecule has 1 saturated heterocycles. The molecule has 2 aromatic heterocycles. The van der Waals surface area contributed by atoms with Gasteiger partial charge in [0.1, 0.15) is 11.4 Å². The van der Waals surface area contributed by atoms with E-state index >= 15 is 0 Å². The van der Waals surface area contributed by atoms with E-state index in [0.29, 0.717) is 24.3 Å². The van der Waals surface area contributed by atoms with Gasteiger partial charge in [0.25, 0.3) is 5.56 Å². The van der Waals surface area contributed by atoms with Crippen molar-refractivity contribution in [2.24, 2.45) is 0 Å². The van der Waals surface area contributed by atoms with E-state index in [0.717, 1.165) is 16.8 Å². The second-order valence-electron chi connectivity index (χ2n) is 6.83. The first-order chi connectivity index (χ1) is 14.5. The van der Waals surface area contributed by atoms with Gasteiger partial charge in [0, 0.05) is 30.5 Å². The summed E-state index contributed by atoms with van der Waals surface area (Å²) in [6.07, 6.45) is 1.40. The van der Waals surface area contributed by atoms with Crippen LogP contribution in [0.25, 0.3) is 27.8 Å². The van der Waals surface area contributed by atoms with Crippen LogP contribution in [0.2, 0.25) is 0 Å². The van der Waals surface area contributed by atoms with Gasteiger partial charge < -0.3 is 10.3 Å². The zero-order chi connectivity index (χ0) is 20.8. The molecule has 158 valence electrons. The minimum atomic E-state index is -0.790. The summed E-state index contributed by atoms with van der Waals surface area (Å²) in [6, 6.07) is 11.8. The number of aromatic nitrogens is 3. The van der Waals surface area contributed by atoms with Crippen molar-refractivity contribution >= 4 is 22.6 Å². The zero-order valence-electron chi connectivity index (χ0n) is 15.5. The van der Waals surface area contributed by atoms with E-state index in [9.17, 15) is 18.4 Å². The second kappa shape index (κ2) is 7.67. The number of carbonyl (C=O) groups is 1. The molecule has 0 aliphatic carbocycles. The van der Waals surface area contributed by atoms with Gasteiger partial charge in [0.2, 0.25) is 0 Å². The molecule has 0 atom stereocenters. The number of benzene rings is 2. The van der Waals surface area contributed by atoms with Gasteiger partial charge in [-0.2, -0.15) is 5.10 Å². The predicted molar refractivity (Wildman–Crippen MR) is 115 cm³/mol. The third-order valence-corrected chi connectivity index (χ3v) is 5.06. The minimum absolute atomic E-state index is 0. The smallest absolute Gasteiger partial charge is 0.321 e. The van der Waals surface area contributed by atoms with Crippen LogP contribution >= 0.6 is 0 Å². The molecule has 5 rings (SSSR count). The van der Waals surface area contributed by atoms with E-state index in [1.807, 2.05) is 0 Å². The molecule has 3 heterocycles. The van der Waals surface area contributed by atoms with Crippen molar-refractivity contribution in [3.8, 4) is 16.9 Å². The number of anilines is 1. The Bertz CT molecular complexity index is 1320. The monoisotopic (exact) mass is 423 g/mol. The van der Waals surface area contributed by atoms with E-state index in [1.165, 1.54) is 12.3 Å². The molecule has 2 amide bonds. The number of para-hydroxylation sites is 1. The highest BCUT2D eigenvalue weighted by Gasteiger charge is 2.23. The van der Waals surface area contributed by atoms with Crippen LogP contribution in [-0.4, -0.2) is 33.9 Å². The molecule has 0 bridgehead atoms. The summed E-state index contributed by atoms with van der Waals surface area (Å²) in [6.45, 7) is 1.13. The van der Waals surface area contributed by atoms with Crippen molar-refractivity contribution in [3.63, 3.8) is 0 Å². The molecule has 0 saturated carbocycles. The molecule has 7 nitrogen and oxygen atoms in total. The second-order valence-corrected chi connectivity index (χ2v) is 6.83. The number of aromatic amines is 1. The van der Waals surface area contributed by atoms with Crippen molar-refractivity contribution in [2.75, 3.05) is 18.0 Å². The number of carbonyl (C=O) groups excluding carboxylic acids is 1. The third-order valence-electron chi connectivity index (χ3n) is 5.06. The van der Waals surface area contributed by atoms with Crippen LogP contribution < -0.4 is 15.8 Å². The zero-order valence-corrected chi connectivity index (χ0v) is 15.5. The number of nitrogens with zero attached hydrogens (tertiary/aromatic N) is 3. The third kappa shape index (κ3) is 3.24. The quantitative estimate of drug-likeness (QED) is 0.526. The summed E-state index contributed by atoms with van der Waals surface area (Å²) in [5.41, 5.74) is 1.06. The molecule has 1 aliphatic rings. The average Bonchev–Trinajstić information content (AvgIpc) is 3.33. The summed E-state index contributed by atoms with van der Waals surface area (Å²) in [7, 11) is 0. The summed E-state index contributed by atoms with van der Waals surface area (Å²) in [5.74, 6) is -1.58. The Balaban J connectivity index is 0.00000231. The van der Waals surface area contributed by atoms with Gasteiger partial charge in [-0.1, -0.05) is 25.6 Å². The molecule has 31 heavy (non-hydrogen) atoms. The number of urea groups is 1. The lowest BCUT2D eigenvalue weighted by molar-refractivity contribution is 0.252. The van der Waals surface area contributed by atoms with Gasteiger partial charge in [0.15, 0.2) is 11.6 Å². The number of rotatable bonds is 3. The maximum Gasteiger partial charge on any atom is 0.321 e. The average molecular weight is 423 g/mol. The lowest BCUT2D eigenvalue weighted by Gasteiger charge is -2.14. The Morgan fingerprint density at radius 3 is 2.32 bits per heavy atom. The molecular formula is C22H19F2N5O2. The van der Waals surface area contributed by atoms with E-state index in [1.54, 1.807) is 35.2 Å². The Hall–Kier alpha value is -4.01. The standard InChI is InChI=1S/C21H15F2N5O2.CH4/c22-14-2-1-3-15(23)19(14)28-16-8-9-24-20(29)17(16)18(26-28)12-4-6-13(7-5-12)27-11-10-25-21(27)30;/h1-9H,10-11H2,(H,24,29)(H,25,30);1H4. The number of pyridine rings is 1. The fraction of sp³-hybridized carbons (Fsp3) is 0.136. The molecule has 2 N–H and O–H groups in total. The number of nitrogens with one attached hydrogen (secondary N) is 2. The van der Waals surface area contributed by atoms with Gasteiger partial charge in [-0.05, 0) is 30.3 Å². The van der Waals surface area contributed by atoms with Crippen LogP contribution in [0.4, 0.5) is 19.3 Å². The summed E-state index contributed by atoms with van der Waals surface area (Å²) in [4.78, 5) is 28.6. The van der Waals surface area contributed by atoms with Crippen LogP contribution in [0.1, 0.15) is 7.43 Å². The van der Waals surface area contributed by atoms with Gasteiger partial charge >= 0.3 is 6.03 Å². The highest BCUT2D eigenvalue weighted by atomic mass is 19.1. The van der Waals surface area contributed by atoms with Crippen LogP contribution in [0, 0.1) is 11.6 Å². The normalized spacial score (nSPS) is 13.4. The lowest BCUT2D eigenvalue weighted by Crippen LogP contribution is -2.27. The van der Waals surface area contributed by atoms with Crippen molar-refractivity contribution in [1.29, 1.82) is 0 Å². The van der Waals surface area contributed by atoms with Crippen LogP contribution in [0.3, 0.4) is 0 Å². The number of halogens is 2. The maximum absolute atomic E-state index is 14.4. The van der Waals surface area contributed by atoms with Crippen molar-refractivity contribution < 1.29 is 13.6 Å². The predicted octanol–water partition coefficient (Wildman–Crippen LogP) is 3.82. The first-order valence-corrected chi connectivity index (χ1v) is 9.25. The molecule has 9 heteroatoms. The van der Waals surface area contributed by atoms with Crippen LogP contribution in [0.15, 0.2) is 59.5 Å². The lowest BCUT2D eigenvalue weighted by atomic mass is 10.1. The fourth-order valence-corrected chi connectivity index (χ4v) is 3.66. The number of H-pyrrole nitrogens is 1. The molecule has 2 aromatic carbocycles. The largest absolute Gasteiger partial charge is 0.336 e. The van der Waals surface area contributed by atoms with Gasteiger partial charge in [-0.3, -0.25) is 9.69 Å². The molecule has 1 aliphatic heterocycles. The fourth-order valence-electron chi connectivity index (χ4n) is 3.66. The minimum Gasteiger partial charge on any atom is -0.336 e. The SMILES string of the molecule is C.O=C1NCCN1c1ccc(-c2nn(-c3c(F)cccc3F)c3cc[nH]c(=O)c23)cc1. The van der Waals surface area contributed by atoms with Gasteiger partial charge in [-0.15, -0.1) is 0 Å². The topological polar surface area (TPSA) is 83.0 Å². The number of fused-ring (bicyclic) bond motifs is 1. The molecular weight excluding hydrogens is 404 g/mol. The highest BCUT2D eigenvalue weighted by Crippen LogP contribution is 2.30. The summed E-state index contributed by atoms with van der Waals surface area (Å²) < 4.78 is 29.9. The molecule has 0 unspecified atom stereocenters. The summed E-state index contributed by atoms with van der Waals surface area (Å²) in [5, 5.41) is 7.33. The summed E-state index contributed by atoms with van der Waals surface area (Å²) >= 11 is 0. The van der Waals surface area contributed by atoms with Crippen molar-refractivity contribution in [3.05, 3.63) is 76.7 Å². The number of hydrogen-bond donors (Lipinski definition) is 2. The number of hydrogen-bond acceptors (Lipinski definition) is 3. The van der Waals surface area contributed by atoms with Crippen molar-refractivity contribution in [1.82, 2.24) is 20.1 Å². The first-order valence-electron chi connectivity index (χ1n) is 9.25. The number of amides is 2. The van der Waals surface area contributed by atoms with Crippen LogP contribution in [-0.2, 0) is 0 Å². The maximum atomic E-state index is 14.4. The molecule has 1 fully saturated rings. The molecule has 4 aromatic rings. The van der Waals surface area contributed by atoms with Gasteiger partial charge in [0.05, 0.1) is 10.9 Å². The molecule has 0 spiro atoms. The van der Waals surface area contributed by atoms with E-state index < -0.39 is 17.2 Å². The van der Waals surface area contributed by atoms with E-state index in [-0.39, 0.29) is 35.7 Å². The highest BCUT2D eigenvalue weighted by molar-refractivity contribution is 5.96. The Kier molecular flexibility index (Phi) is 5.02. The Morgan fingerprint density at radius 1 is 0.968 bits per heavy atom. The van der Waals surface area contributed by atoms with E-state index in [2.05, 4.69) is 15.4 Å². The Labute approximate surface area is 175 Å². The first kappa shape index (κ1) is 20.3. The Morgan fingerprint density at radius 2 is 1.68 bits per heavy atom. The van der Waals surface area contributed by atoms with Crippen LogP contribution in [0.5, 0.6) is 0 Å².